The standard InChI is InChI=1S/C7H12N3O.CH4O3S/c1-6-4-9(3)8-10(6)5-7(2)11;1-5(2,3)4/h4H,5H2,1-3H3;1H3,(H,2,3,4)/q+1;/p-1. The lowest BCUT2D eigenvalue weighted by molar-refractivity contribution is -0.732. The molecule has 0 saturated heterocycles. The van der Waals surface area contributed by atoms with Gasteiger partial charge in [0.1, 0.15) is 7.05 Å². The Hall–Kier alpha value is -1.28. The minimum absolute atomic E-state index is 0.122. The Morgan fingerprint density at radius 1 is 1.62 bits per heavy atom. The van der Waals surface area contributed by atoms with Crippen LogP contribution >= 0.6 is 0 Å². The van der Waals surface area contributed by atoms with E-state index in [9.17, 15) is 4.79 Å². The topological polar surface area (TPSA) is 96.0 Å². The molecule has 0 atom stereocenters. The van der Waals surface area contributed by atoms with Crippen LogP contribution in [0.3, 0.4) is 0 Å². The number of aromatic nitrogens is 3. The summed E-state index contributed by atoms with van der Waals surface area (Å²) in [6, 6.07) is 0. The minimum Gasteiger partial charge on any atom is -0.748 e. The molecule has 0 amide bonds. The molecule has 92 valence electrons. The number of nitrogens with zero attached hydrogens (tertiary/aromatic N) is 3. The van der Waals surface area contributed by atoms with Gasteiger partial charge in [0.2, 0.25) is 0 Å². The van der Waals surface area contributed by atoms with E-state index >= 15 is 0 Å². The molecule has 0 saturated carbocycles. The lowest BCUT2D eigenvalue weighted by atomic mass is 10.4. The second-order valence-electron chi connectivity index (χ2n) is 3.40. The first-order valence-corrected chi connectivity index (χ1v) is 6.22. The van der Waals surface area contributed by atoms with Gasteiger partial charge in [-0.3, -0.25) is 4.79 Å². The molecule has 1 heterocycles. The summed E-state index contributed by atoms with van der Waals surface area (Å²) in [4.78, 5) is 10.7. The highest BCUT2D eigenvalue weighted by Crippen LogP contribution is 1.90. The number of aryl methyl sites for hydroxylation is 2. The molecule has 0 radical (unpaired) electrons. The van der Waals surface area contributed by atoms with Crippen LogP contribution in [-0.4, -0.2) is 34.9 Å². The van der Waals surface area contributed by atoms with Crippen molar-refractivity contribution in [3.05, 3.63) is 11.9 Å². The van der Waals surface area contributed by atoms with Crippen molar-refractivity contribution in [1.29, 1.82) is 0 Å². The molecule has 0 fully saturated rings. The maximum absolute atomic E-state index is 10.7. The molecule has 0 aliphatic heterocycles. The first-order valence-electron chi connectivity index (χ1n) is 4.40. The summed E-state index contributed by atoms with van der Waals surface area (Å²) in [5.74, 6) is 0.122. The fourth-order valence-corrected chi connectivity index (χ4v) is 0.971. The van der Waals surface area contributed by atoms with Gasteiger partial charge in [-0.15, -0.1) is 9.36 Å². The smallest absolute Gasteiger partial charge is 0.173 e. The molecule has 0 unspecified atom stereocenters. The summed E-state index contributed by atoms with van der Waals surface area (Å²) < 4.78 is 30.6. The number of carbonyl (C=O) groups is 1. The Labute approximate surface area is 94.4 Å². The minimum atomic E-state index is -3.92. The fourth-order valence-electron chi connectivity index (χ4n) is 0.971. The summed E-state index contributed by atoms with van der Waals surface area (Å²) in [7, 11) is -2.08. The molecular formula is C8H15N3O4S. The van der Waals surface area contributed by atoms with Crippen molar-refractivity contribution in [3.8, 4) is 0 Å². The predicted molar refractivity (Wildman–Crippen MR) is 54.4 cm³/mol. The quantitative estimate of drug-likeness (QED) is 0.483. The van der Waals surface area contributed by atoms with Gasteiger partial charge < -0.3 is 4.55 Å². The Morgan fingerprint density at radius 2 is 2.06 bits per heavy atom. The first kappa shape index (κ1) is 14.7. The van der Waals surface area contributed by atoms with E-state index in [0.29, 0.717) is 12.8 Å². The summed E-state index contributed by atoms with van der Waals surface area (Å²) in [5, 5.41) is 4.06. The largest absolute Gasteiger partial charge is 0.748 e. The van der Waals surface area contributed by atoms with Crippen molar-refractivity contribution in [3.63, 3.8) is 0 Å². The van der Waals surface area contributed by atoms with Crippen LogP contribution in [0, 0.1) is 6.92 Å². The molecule has 0 spiro atoms. The summed E-state index contributed by atoms with van der Waals surface area (Å²) in [5.41, 5.74) is 1.00. The maximum Gasteiger partial charge on any atom is 0.173 e. The highest BCUT2D eigenvalue weighted by molar-refractivity contribution is 7.84. The number of rotatable bonds is 2. The molecule has 0 N–H and O–H groups in total. The van der Waals surface area contributed by atoms with Gasteiger partial charge in [0.25, 0.3) is 0 Å². The third-order valence-electron chi connectivity index (χ3n) is 1.40. The van der Waals surface area contributed by atoms with E-state index in [-0.39, 0.29) is 5.78 Å². The zero-order valence-electron chi connectivity index (χ0n) is 9.67. The van der Waals surface area contributed by atoms with Crippen LogP contribution in [0.25, 0.3) is 0 Å². The predicted octanol–water partition coefficient (Wildman–Crippen LogP) is -1.23. The second kappa shape index (κ2) is 5.71. The van der Waals surface area contributed by atoms with Crippen LogP contribution in [0.15, 0.2) is 6.20 Å². The number of hydrogen-bond acceptors (Lipinski definition) is 5. The summed E-state index contributed by atoms with van der Waals surface area (Å²) in [6.07, 6.45) is 2.48. The molecule has 1 rings (SSSR count). The van der Waals surface area contributed by atoms with Crippen molar-refractivity contribution in [1.82, 2.24) is 9.90 Å². The summed E-state index contributed by atoms with van der Waals surface area (Å²) >= 11 is 0. The van der Waals surface area contributed by atoms with Crippen LogP contribution in [0.2, 0.25) is 0 Å². The Morgan fingerprint density at radius 3 is 2.31 bits per heavy atom. The molecule has 16 heavy (non-hydrogen) atoms. The van der Waals surface area contributed by atoms with Gasteiger partial charge in [0, 0.05) is 13.2 Å². The highest BCUT2D eigenvalue weighted by Gasteiger charge is 2.10. The van der Waals surface area contributed by atoms with Crippen LogP contribution in [0.5, 0.6) is 0 Å². The van der Waals surface area contributed by atoms with Gasteiger partial charge >= 0.3 is 0 Å². The van der Waals surface area contributed by atoms with Gasteiger partial charge in [-0.25, -0.2) is 8.42 Å². The van der Waals surface area contributed by atoms with Crippen molar-refractivity contribution >= 4 is 15.9 Å². The average molecular weight is 249 g/mol. The maximum atomic E-state index is 10.7. The summed E-state index contributed by atoms with van der Waals surface area (Å²) in [6.45, 7) is 3.85. The third kappa shape index (κ3) is 8.06. The molecule has 1 aromatic rings. The van der Waals surface area contributed by atoms with E-state index in [2.05, 4.69) is 5.21 Å². The molecule has 7 nitrogen and oxygen atoms in total. The van der Waals surface area contributed by atoms with Gasteiger partial charge in [-0.1, -0.05) is 0 Å². The van der Waals surface area contributed by atoms with Crippen LogP contribution in [0.1, 0.15) is 12.6 Å². The van der Waals surface area contributed by atoms with Crippen LogP contribution in [-0.2, 0) is 28.5 Å². The van der Waals surface area contributed by atoms with E-state index < -0.39 is 10.1 Å². The number of hydrogen-bond donors (Lipinski definition) is 0. The van der Waals surface area contributed by atoms with Gasteiger partial charge in [0.15, 0.2) is 24.2 Å². The monoisotopic (exact) mass is 249 g/mol. The Kier molecular flexibility index (Phi) is 5.25. The van der Waals surface area contributed by atoms with E-state index in [4.69, 9.17) is 13.0 Å². The van der Waals surface area contributed by atoms with Gasteiger partial charge in [0.05, 0.1) is 15.3 Å². The van der Waals surface area contributed by atoms with Gasteiger partial charge in [-0.05, 0) is 6.92 Å². The van der Waals surface area contributed by atoms with E-state index in [0.717, 1.165) is 5.69 Å². The lowest BCUT2D eigenvalue weighted by Gasteiger charge is -1.90. The fraction of sp³-hybridized carbons (Fsp3) is 0.625. The van der Waals surface area contributed by atoms with E-state index in [1.807, 2.05) is 20.2 Å². The Balaban J connectivity index is 0.000000385. The number of Topliss-reactive ketones (excluding diaryl/α,β-unsaturated/α-hetero) is 1. The van der Waals surface area contributed by atoms with Crippen molar-refractivity contribution in [2.45, 2.75) is 20.4 Å². The van der Waals surface area contributed by atoms with Crippen molar-refractivity contribution < 1.29 is 22.4 Å². The second-order valence-corrected chi connectivity index (χ2v) is 4.81. The molecule has 0 aliphatic rings. The number of carbonyl (C=O) groups excluding carboxylic acids is 1. The normalized spacial score (nSPS) is 10.6. The lowest BCUT2D eigenvalue weighted by Crippen LogP contribution is -2.30. The first-order chi connectivity index (χ1) is 7.09. The van der Waals surface area contributed by atoms with Crippen molar-refractivity contribution in [2.75, 3.05) is 6.26 Å². The van der Waals surface area contributed by atoms with E-state index in [1.54, 1.807) is 16.3 Å². The highest BCUT2D eigenvalue weighted by atomic mass is 32.2. The van der Waals surface area contributed by atoms with Crippen LogP contribution < -0.4 is 4.68 Å². The average Bonchev–Trinajstić information content (AvgIpc) is 2.24. The van der Waals surface area contributed by atoms with Crippen molar-refractivity contribution in [2.24, 2.45) is 7.05 Å². The molecular weight excluding hydrogens is 234 g/mol. The zero-order chi connectivity index (χ0) is 12.9. The zero-order valence-corrected chi connectivity index (χ0v) is 10.5. The third-order valence-corrected chi connectivity index (χ3v) is 1.40. The van der Waals surface area contributed by atoms with Gasteiger partial charge in [-0.2, -0.15) is 0 Å². The SMILES string of the molecule is CC(=O)Cn1n[n+](C)cc1C.CS(=O)(=O)[O-]. The van der Waals surface area contributed by atoms with Crippen LogP contribution in [0.4, 0.5) is 0 Å². The molecule has 1 aromatic heterocycles. The van der Waals surface area contributed by atoms with E-state index in [1.165, 1.54) is 0 Å². The molecule has 8 heteroatoms. The molecule has 0 aliphatic carbocycles. The number of ketones is 1. The molecule has 0 aromatic carbocycles. The molecule has 0 bridgehead atoms. The Bertz CT molecular complexity index is 456.